The first kappa shape index (κ1) is 18.6. The molecule has 1 aromatic heterocycles. The van der Waals surface area contributed by atoms with Crippen molar-refractivity contribution in [2.24, 2.45) is 0 Å². The molecule has 1 aromatic carbocycles. The van der Waals surface area contributed by atoms with E-state index in [9.17, 15) is 4.79 Å². The normalized spacial score (nSPS) is 16.2. The fourth-order valence-electron chi connectivity index (χ4n) is 3.56. The summed E-state index contributed by atoms with van der Waals surface area (Å²) < 4.78 is 5.78. The molecule has 1 aliphatic rings. The van der Waals surface area contributed by atoms with Crippen molar-refractivity contribution in [3.8, 4) is 11.5 Å². The predicted octanol–water partition coefficient (Wildman–Crippen LogP) is 3.52. The molecule has 1 fully saturated rings. The van der Waals surface area contributed by atoms with Crippen LogP contribution < -0.4 is 0 Å². The maximum Gasteiger partial charge on any atom is 0.228 e. The van der Waals surface area contributed by atoms with Crippen LogP contribution in [-0.4, -0.2) is 52.9 Å². The summed E-state index contributed by atoms with van der Waals surface area (Å²) in [6.07, 6.45) is 2.37. The van der Waals surface area contributed by atoms with Crippen molar-refractivity contribution < 1.29 is 9.21 Å². The zero-order valence-electron chi connectivity index (χ0n) is 16.2. The van der Waals surface area contributed by atoms with E-state index in [1.165, 1.54) is 0 Å². The molecule has 0 saturated carbocycles. The fraction of sp³-hybridized carbons (Fsp3) is 0.524. The highest BCUT2D eigenvalue weighted by molar-refractivity contribution is 5.78. The van der Waals surface area contributed by atoms with Crippen LogP contribution in [0.15, 0.2) is 34.7 Å². The van der Waals surface area contributed by atoms with Crippen LogP contribution in [0.3, 0.4) is 0 Å². The van der Waals surface area contributed by atoms with Gasteiger partial charge in [-0.3, -0.25) is 4.79 Å². The summed E-state index contributed by atoms with van der Waals surface area (Å²) in [5.41, 5.74) is 1.67. The van der Waals surface area contributed by atoms with E-state index in [1.54, 1.807) is 0 Å². The van der Waals surface area contributed by atoms with E-state index < -0.39 is 0 Å². The van der Waals surface area contributed by atoms with E-state index in [-0.39, 0.29) is 5.91 Å². The largest absolute Gasteiger partial charge is 0.441 e. The molecule has 1 amide bonds. The number of piperidine rings is 1. The molecule has 0 unspecified atom stereocenters. The van der Waals surface area contributed by atoms with E-state index >= 15 is 0 Å². The van der Waals surface area contributed by atoms with Crippen LogP contribution in [0.2, 0.25) is 0 Å². The Hall–Kier alpha value is -2.14. The SMILES string of the molecule is Cc1oc(-c2ccccc2)nc1CC(=O)N(C)C1CCN(C(C)C)CC1. The molecule has 0 bridgehead atoms. The van der Waals surface area contributed by atoms with Crippen LogP contribution in [0.1, 0.15) is 38.1 Å². The summed E-state index contributed by atoms with van der Waals surface area (Å²) in [6.45, 7) is 8.45. The lowest BCUT2D eigenvalue weighted by Gasteiger charge is -2.38. The molecule has 3 rings (SSSR count). The number of hydrogen-bond donors (Lipinski definition) is 0. The van der Waals surface area contributed by atoms with Crippen molar-refractivity contribution in [2.75, 3.05) is 20.1 Å². The first-order valence-corrected chi connectivity index (χ1v) is 9.47. The van der Waals surface area contributed by atoms with Gasteiger partial charge in [0.15, 0.2) is 0 Å². The van der Waals surface area contributed by atoms with Gasteiger partial charge in [0.2, 0.25) is 11.8 Å². The highest BCUT2D eigenvalue weighted by Gasteiger charge is 2.27. The zero-order chi connectivity index (χ0) is 18.7. The Kier molecular flexibility index (Phi) is 5.77. The van der Waals surface area contributed by atoms with Crippen molar-refractivity contribution in [2.45, 2.75) is 52.1 Å². The molecule has 0 N–H and O–H groups in total. The third kappa shape index (κ3) is 4.15. The van der Waals surface area contributed by atoms with Crippen LogP contribution in [0.25, 0.3) is 11.5 Å². The number of likely N-dealkylation sites (N-methyl/N-ethyl adjacent to an activating group) is 1. The Morgan fingerprint density at radius 3 is 2.54 bits per heavy atom. The predicted molar refractivity (Wildman–Crippen MR) is 103 cm³/mol. The number of amides is 1. The van der Waals surface area contributed by atoms with Crippen LogP contribution >= 0.6 is 0 Å². The molecule has 26 heavy (non-hydrogen) atoms. The molecular formula is C21H29N3O2. The minimum atomic E-state index is 0.115. The first-order chi connectivity index (χ1) is 12.5. The number of nitrogens with zero attached hydrogens (tertiary/aromatic N) is 3. The molecule has 0 aliphatic carbocycles. The minimum Gasteiger partial charge on any atom is -0.441 e. The number of hydrogen-bond acceptors (Lipinski definition) is 4. The van der Waals surface area contributed by atoms with Gasteiger partial charge < -0.3 is 14.2 Å². The molecule has 5 nitrogen and oxygen atoms in total. The smallest absolute Gasteiger partial charge is 0.228 e. The van der Waals surface area contributed by atoms with Gasteiger partial charge in [-0.1, -0.05) is 18.2 Å². The minimum absolute atomic E-state index is 0.115. The average Bonchev–Trinajstić information content (AvgIpc) is 3.02. The lowest BCUT2D eigenvalue weighted by atomic mass is 10.0. The van der Waals surface area contributed by atoms with Crippen molar-refractivity contribution in [3.05, 3.63) is 41.8 Å². The van der Waals surface area contributed by atoms with Gasteiger partial charge in [-0.25, -0.2) is 4.98 Å². The van der Waals surface area contributed by atoms with E-state index in [1.807, 2.05) is 49.2 Å². The number of likely N-dealkylation sites (tertiary alicyclic amines) is 1. The molecule has 2 heterocycles. The Labute approximate surface area is 156 Å². The molecular weight excluding hydrogens is 326 g/mol. The highest BCUT2D eigenvalue weighted by atomic mass is 16.4. The van der Waals surface area contributed by atoms with Gasteiger partial charge >= 0.3 is 0 Å². The van der Waals surface area contributed by atoms with Gasteiger partial charge in [0.1, 0.15) is 5.76 Å². The Bertz CT molecular complexity index is 731. The van der Waals surface area contributed by atoms with Gasteiger partial charge in [-0.2, -0.15) is 0 Å². The fourth-order valence-corrected chi connectivity index (χ4v) is 3.56. The van der Waals surface area contributed by atoms with Crippen molar-refractivity contribution >= 4 is 5.91 Å². The first-order valence-electron chi connectivity index (χ1n) is 9.47. The van der Waals surface area contributed by atoms with E-state index in [0.29, 0.717) is 24.4 Å². The van der Waals surface area contributed by atoms with Gasteiger partial charge in [-0.05, 0) is 45.7 Å². The van der Waals surface area contributed by atoms with Gasteiger partial charge in [0.05, 0.1) is 12.1 Å². The number of oxazole rings is 1. The van der Waals surface area contributed by atoms with Crippen LogP contribution in [0.5, 0.6) is 0 Å². The Morgan fingerprint density at radius 1 is 1.27 bits per heavy atom. The van der Waals surface area contributed by atoms with E-state index in [2.05, 4.69) is 23.7 Å². The van der Waals surface area contributed by atoms with Crippen LogP contribution in [0, 0.1) is 6.92 Å². The zero-order valence-corrected chi connectivity index (χ0v) is 16.2. The molecule has 0 spiro atoms. The second-order valence-corrected chi connectivity index (χ2v) is 7.43. The maximum atomic E-state index is 12.8. The lowest BCUT2D eigenvalue weighted by molar-refractivity contribution is -0.132. The summed E-state index contributed by atoms with van der Waals surface area (Å²) in [5, 5.41) is 0. The second-order valence-electron chi connectivity index (χ2n) is 7.43. The highest BCUT2D eigenvalue weighted by Crippen LogP contribution is 2.23. The van der Waals surface area contributed by atoms with E-state index in [4.69, 9.17) is 4.42 Å². The van der Waals surface area contributed by atoms with Crippen molar-refractivity contribution in [3.63, 3.8) is 0 Å². The summed E-state index contributed by atoms with van der Waals surface area (Å²) in [4.78, 5) is 21.7. The van der Waals surface area contributed by atoms with Crippen molar-refractivity contribution in [1.29, 1.82) is 0 Å². The quantitative estimate of drug-likeness (QED) is 0.823. The third-order valence-electron chi connectivity index (χ3n) is 5.40. The number of aryl methyl sites for hydroxylation is 1. The van der Waals surface area contributed by atoms with Gasteiger partial charge in [0.25, 0.3) is 0 Å². The monoisotopic (exact) mass is 355 g/mol. The molecule has 140 valence electrons. The Balaban J connectivity index is 1.62. The number of aromatic nitrogens is 1. The second kappa shape index (κ2) is 8.04. The number of carbonyl (C=O) groups excluding carboxylic acids is 1. The number of carbonyl (C=O) groups is 1. The van der Waals surface area contributed by atoms with Crippen molar-refractivity contribution in [1.82, 2.24) is 14.8 Å². The third-order valence-corrected chi connectivity index (χ3v) is 5.40. The Morgan fingerprint density at radius 2 is 1.92 bits per heavy atom. The molecule has 2 aromatic rings. The van der Waals surface area contributed by atoms with Gasteiger partial charge in [0, 0.05) is 37.8 Å². The number of rotatable bonds is 5. The molecule has 5 heteroatoms. The van der Waals surface area contributed by atoms with Gasteiger partial charge in [-0.15, -0.1) is 0 Å². The summed E-state index contributed by atoms with van der Waals surface area (Å²) in [5.74, 6) is 1.42. The average molecular weight is 355 g/mol. The maximum absolute atomic E-state index is 12.8. The molecule has 0 atom stereocenters. The summed E-state index contributed by atoms with van der Waals surface area (Å²) in [6, 6.07) is 10.7. The molecule has 1 saturated heterocycles. The summed E-state index contributed by atoms with van der Waals surface area (Å²) >= 11 is 0. The molecule has 1 aliphatic heterocycles. The van der Waals surface area contributed by atoms with Crippen LogP contribution in [-0.2, 0) is 11.2 Å². The topological polar surface area (TPSA) is 49.6 Å². The van der Waals surface area contributed by atoms with E-state index in [0.717, 1.165) is 42.9 Å². The number of benzene rings is 1. The molecule has 0 radical (unpaired) electrons. The van der Waals surface area contributed by atoms with Crippen LogP contribution in [0.4, 0.5) is 0 Å². The standard InChI is InChI=1S/C21H29N3O2/c1-15(2)24-12-10-18(11-13-24)23(4)20(25)14-19-16(3)26-21(22-19)17-8-6-5-7-9-17/h5-9,15,18H,10-14H2,1-4H3. The lowest BCUT2D eigenvalue weighted by Crippen LogP contribution is -2.47. The summed E-state index contributed by atoms with van der Waals surface area (Å²) in [7, 11) is 1.92.